The van der Waals surface area contributed by atoms with Crippen LogP contribution in [0.5, 0.6) is 0 Å². The Kier molecular flexibility index (Phi) is 4.06. The van der Waals surface area contributed by atoms with Crippen LogP contribution in [0.3, 0.4) is 0 Å². The van der Waals surface area contributed by atoms with E-state index in [2.05, 4.69) is 45.2 Å². The molecule has 0 amide bonds. The van der Waals surface area contributed by atoms with E-state index in [1.807, 2.05) is 6.07 Å². The van der Waals surface area contributed by atoms with Gasteiger partial charge in [0.15, 0.2) is 0 Å². The van der Waals surface area contributed by atoms with Crippen LogP contribution < -0.4 is 0 Å². The van der Waals surface area contributed by atoms with E-state index in [4.69, 9.17) is 4.42 Å². The van der Waals surface area contributed by atoms with Crippen molar-refractivity contribution >= 4 is 5.57 Å². The van der Waals surface area contributed by atoms with Crippen molar-refractivity contribution in [3.05, 3.63) is 66.6 Å². The second-order valence-corrected chi connectivity index (χ2v) is 5.10. The van der Waals surface area contributed by atoms with Crippen LogP contribution in [0.4, 0.5) is 0 Å². The first-order valence-corrected chi connectivity index (χ1v) is 6.53. The van der Waals surface area contributed by atoms with E-state index in [1.165, 1.54) is 27.8 Å². The molecule has 0 aliphatic heterocycles. The van der Waals surface area contributed by atoms with Crippen LogP contribution in [-0.2, 0) is 0 Å². The van der Waals surface area contributed by atoms with E-state index < -0.39 is 0 Å². The molecule has 0 fully saturated rings. The maximum atomic E-state index is 5.14. The summed E-state index contributed by atoms with van der Waals surface area (Å²) in [7, 11) is 0. The van der Waals surface area contributed by atoms with Crippen LogP contribution in [0.15, 0.2) is 59.9 Å². The molecule has 1 aromatic carbocycles. The SMILES string of the molecule is C=C(C)CCC(=C)c1ccc(-c2ccoc2)c(C)c1. The number of benzene rings is 1. The highest BCUT2D eigenvalue weighted by Crippen LogP contribution is 2.28. The molecule has 0 saturated carbocycles. The van der Waals surface area contributed by atoms with Gasteiger partial charge in [0, 0.05) is 5.56 Å². The number of hydrogen-bond donors (Lipinski definition) is 0. The van der Waals surface area contributed by atoms with Crippen LogP contribution in [-0.4, -0.2) is 0 Å². The molecule has 0 radical (unpaired) electrons. The Hall–Kier alpha value is -2.02. The summed E-state index contributed by atoms with van der Waals surface area (Å²) in [6, 6.07) is 8.46. The number of aryl methyl sites for hydroxylation is 1. The van der Waals surface area contributed by atoms with E-state index in [1.54, 1.807) is 12.5 Å². The summed E-state index contributed by atoms with van der Waals surface area (Å²) in [5.74, 6) is 0. The Morgan fingerprint density at radius 2 is 1.95 bits per heavy atom. The molecule has 19 heavy (non-hydrogen) atoms. The van der Waals surface area contributed by atoms with E-state index in [0.29, 0.717) is 0 Å². The Balaban J connectivity index is 2.19. The Morgan fingerprint density at radius 1 is 1.16 bits per heavy atom. The van der Waals surface area contributed by atoms with Crippen molar-refractivity contribution in [3.63, 3.8) is 0 Å². The van der Waals surface area contributed by atoms with Crippen molar-refractivity contribution < 1.29 is 4.42 Å². The number of allylic oxidation sites excluding steroid dienone is 2. The monoisotopic (exact) mass is 252 g/mol. The summed E-state index contributed by atoms with van der Waals surface area (Å²) in [6.45, 7) is 12.3. The summed E-state index contributed by atoms with van der Waals surface area (Å²) in [6.07, 6.45) is 5.45. The van der Waals surface area contributed by atoms with E-state index >= 15 is 0 Å². The number of rotatable bonds is 5. The normalized spacial score (nSPS) is 10.4. The standard InChI is InChI=1S/C18H20O/c1-13(2)5-6-14(3)16-7-8-18(15(4)11-16)17-9-10-19-12-17/h7-12H,1,3,5-6H2,2,4H3. The second kappa shape index (κ2) is 5.75. The zero-order valence-electron chi connectivity index (χ0n) is 11.7. The third kappa shape index (κ3) is 3.25. The minimum Gasteiger partial charge on any atom is -0.472 e. The number of hydrogen-bond acceptors (Lipinski definition) is 1. The maximum absolute atomic E-state index is 5.14. The highest BCUT2D eigenvalue weighted by Gasteiger charge is 2.06. The van der Waals surface area contributed by atoms with Crippen LogP contribution in [0.2, 0.25) is 0 Å². The van der Waals surface area contributed by atoms with Gasteiger partial charge in [-0.05, 0) is 55.0 Å². The summed E-state index contributed by atoms with van der Waals surface area (Å²) >= 11 is 0. The minimum absolute atomic E-state index is 0.972. The zero-order valence-corrected chi connectivity index (χ0v) is 11.7. The lowest BCUT2D eigenvalue weighted by atomic mass is 9.95. The minimum atomic E-state index is 0.972. The van der Waals surface area contributed by atoms with Crippen molar-refractivity contribution in [3.8, 4) is 11.1 Å². The van der Waals surface area contributed by atoms with Gasteiger partial charge in [0.2, 0.25) is 0 Å². The molecule has 0 aliphatic rings. The van der Waals surface area contributed by atoms with E-state index in [0.717, 1.165) is 18.4 Å². The molecule has 0 aliphatic carbocycles. The quantitative estimate of drug-likeness (QED) is 0.629. The molecule has 0 bridgehead atoms. The topological polar surface area (TPSA) is 13.1 Å². The van der Waals surface area contributed by atoms with Crippen LogP contribution in [0.25, 0.3) is 16.7 Å². The molecule has 1 heteroatoms. The van der Waals surface area contributed by atoms with Gasteiger partial charge in [-0.2, -0.15) is 0 Å². The first kappa shape index (κ1) is 13.4. The van der Waals surface area contributed by atoms with Crippen molar-refractivity contribution in [2.45, 2.75) is 26.7 Å². The first-order valence-electron chi connectivity index (χ1n) is 6.53. The van der Waals surface area contributed by atoms with Gasteiger partial charge in [-0.1, -0.05) is 30.4 Å². The van der Waals surface area contributed by atoms with Gasteiger partial charge >= 0.3 is 0 Å². The largest absolute Gasteiger partial charge is 0.472 e. The van der Waals surface area contributed by atoms with Gasteiger partial charge < -0.3 is 4.42 Å². The average molecular weight is 252 g/mol. The summed E-state index contributed by atoms with van der Waals surface area (Å²) < 4.78 is 5.14. The highest BCUT2D eigenvalue weighted by atomic mass is 16.3. The smallest absolute Gasteiger partial charge is 0.0981 e. The van der Waals surface area contributed by atoms with Crippen molar-refractivity contribution in [1.29, 1.82) is 0 Å². The van der Waals surface area contributed by atoms with Gasteiger partial charge in [-0.15, -0.1) is 6.58 Å². The average Bonchev–Trinajstić information content (AvgIpc) is 2.89. The molecule has 1 heterocycles. The first-order chi connectivity index (χ1) is 9.08. The second-order valence-electron chi connectivity index (χ2n) is 5.10. The molecular weight excluding hydrogens is 232 g/mol. The molecule has 0 N–H and O–H groups in total. The molecule has 2 rings (SSSR count). The Bertz CT molecular complexity index is 588. The summed E-state index contributed by atoms with van der Waals surface area (Å²) in [4.78, 5) is 0. The molecule has 1 nitrogen and oxygen atoms in total. The van der Waals surface area contributed by atoms with Gasteiger partial charge in [0.25, 0.3) is 0 Å². The Labute approximate surface area is 115 Å². The fourth-order valence-corrected chi connectivity index (χ4v) is 2.13. The Morgan fingerprint density at radius 3 is 2.53 bits per heavy atom. The maximum Gasteiger partial charge on any atom is 0.0981 e. The van der Waals surface area contributed by atoms with Gasteiger partial charge in [-0.3, -0.25) is 0 Å². The molecule has 0 spiro atoms. The van der Waals surface area contributed by atoms with Gasteiger partial charge in [0.1, 0.15) is 0 Å². The fourth-order valence-electron chi connectivity index (χ4n) is 2.13. The molecular formula is C18H20O. The number of furan rings is 1. The molecule has 2 aromatic rings. The van der Waals surface area contributed by atoms with Crippen molar-refractivity contribution in [2.24, 2.45) is 0 Å². The van der Waals surface area contributed by atoms with Crippen LogP contribution >= 0.6 is 0 Å². The van der Waals surface area contributed by atoms with Gasteiger partial charge in [0.05, 0.1) is 12.5 Å². The van der Waals surface area contributed by atoms with Crippen molar-refractivity contribution in [2.75, 3.05) is 0 Å². The summed E-state index contributed by atoms with van der Waals surface area (Å²) in [5, 5.41) is 0. The molecule has 0 unspecified atom stereocenters. The molecule has 98 valence electrons. The molecule has 0 saturated heterocycles. The lowest BCUT2D eigenvalue weighted by molar-refractivity contribution is 0.568. The van der Waals surface area contributed by atoms with Gasteiger partial charge in [-0.25, -0.2) is 0 Å². The molecule has 0 atom stereocenters. The van der Waals surface area contributed by atoms with Crippen LogP contribution in [0, 0.1) is 6.92 Å². The lowest BCUT2D eigenvalue weighted by Crippen LogP contribution is -1.88. The molecule has 1 aromatic heterocycles. The van der Waals surface area contributed by atoms with Crippen molar-refractivity contribution in [1.82, 2.24) is 0 Å². The van der Waals surface area contributed by atoms with E-state index in [-0.39, 0.29) is 0 Å². The summed E-state index contributed by atoms with van der Waals surface area (Å²) in [5.41, 5.74) is 7.17. The lowest BCUT2D eigenvalue weighted by Gasteiger charge is -2.10. The van der Waals surface area contributed by atoms with E-state index in [9.17, 15) is 0 Å². The fraction of sp³-hybridized carbons (Fsp3) is 0.222. The third-order valence-electron chi connectivity index (χ3n) is 3.32. The zero-order chi connectivity index (χ0) is 13.8. The predicted molar refractivity (Wildman–Crippen MR) is 82.0 cm³/mol. The van der Waals surface area contributed by atoms with Crippen LogP contribution in [0.1, 0.15) is 30.9 Å². The third-order valence-corrected chi connectivity index (χ3v) is 3.32. The predicted octanol–water partition coefficient (Wildman–Crippen LogP) is 5.62. The highest BCUT2D eigenvalue weighted by molar-refractivity contribution is 5.72.